The summed E-state index contributed by atoms with van der Waals surface area (Å²) in [7, 11) is 5.58. The van der Waals surface area contributed by atoms with Crippen LogP contribution in [0.5, 0.6) is 0 Å². The standard InChI is InChI=1S/C17H28N4OS/c1-20(2)16(22)13-18-17(19-14-7-4-5-8-14)21(3)11-10-15-9-6-12-23-15/h6,9,12,14H,4-5,7-8,10-11,13H2,1-3H3,(H,18,19). The highest BCUT2D eigenvalue weighted by atomic mass is 32.1. The van der Waals surface area contributed by atoms with E-state index in [0.29, 0.717) is 6.04 Å². The maximum atomic E-state index is 11.8. The van der Waals surface area contributed by atoms with Gasteiger partial charge in [-0.2, -0.15) is 0 Å². The number of amides is 1. The lowest BCUT2D eigenvalue weighted by atomic mass is 10.2. The molecule has 5 nitrogen and oxygen atoms in total. The average molecular weight is 337 g/mol. The number of thiophene rings is 1. The maximum absolute atomic E-state index is 11.8. The summed E-state index contributed by atoms with van der Waals surface area (Å²) >= 11 is 1.78. The van der Waals surface area contributed by atoms with Crippen LogP contribution in [0.4, 0.5) is 0 Å². The number of hydrogen-bond donors (Lipinski definition) is 1. The zero-order valence-corrected chi connectivity index (χ0v) is 15.2. The highest BCUT2D eigenvalue weighted by Gasteiger charge is 2.18. The molecule has 0 unspecified atom stereocenters. The number of nitrogens with one attached hydrogen (secondary N) is 1. The van der Waals surface area contributed by atoms with E-state index >= 15 is 0 Å². The van der Waals surface area contributed by atoms with Gasteiger partial charge in [0.15, 0.2) is 5.96 Å². The number of aliphatic imine (C=N–C) groups is 1. The molecule has 1 aromatic rings. The van der Waals surface area contributed by atoms with Crippen molar-refractivity contribution in [2.24, 2.45) is 4.99 Å². The van der Waals surface area contributed by atoms with Crippen LogP contribution in [0.25, 0.3) is 0 Å². The summed E-state index contributed by atoms with van der Waals surface area (Å²) in [4.78, 5) is 21.5. The van der Waals surface area contributed by atoms with Crippen molar-refractivity contribution in [3.63, 3.8) is 0 Å². The second-order valence-corrected chi connectivity index (χ2v) is 7.34. The van der Waals surface area contributed by atoms with Crippen molar-refractivity contribution in [3.8, 4) is 0 Å². The molecule has 1 fully saturated rings. The molecular formula is C17H28N4OS. The summed E-state index contributed by atoms with van der Waals surface area (Å²) in [5.74, 6) is 0.881. The summed E-state index contributed by atoms with van der Waals surface area (Å²) in [6.45, 7) is 1.10. The Kier molecular flexibility index (Phi) is 6.89. The number of nitrogens with zero attached hydrogens (tertiary/aromatic N) is 3. The minimum Gasteiger partial charge on any atom is -0.354 e. The first-order valence-electron chi connectivity index (χ1n) is 8.31. The molecule has 6 heteroatoms. The second kappa shape index (κ2) is 8.91. The normalized spacial score (nSPS) is 15.7. The fraction of sp³-hybridized carbons (Fsp3) is 0.647. The molecule has 1 N–H and O–H groups in total. The van der Waals surface area contributed by atoms with Gasteiger partial charge in [-0.3, -0.25) is 4.79 Å². The van der Waals surface area contributed by atoms with Crippen LogP contribution in [0.2, 0.25) is 0 Å². The van der Waals surface area contributed by atoms with Crippen LogP contribution in [0, 0.1) is 0 Å². The molecule has 0 saturated heterocycles. The van der Waals surface area contributed by atoms with Crippen LogP contribution < -0.4 is 5.32 Å². The Balaban J connectivity index is 1.95. The van der Waals surface area contributed by atoms with E-state index in [9.17, 15) is 4.79 Å². The second-order valence-electron chi connectivity index (χ2n) is 6.30. The van der Waals surface area contributed by atoms with Crippen molar-refractivity contribution in [2.45, 2.75) is 38.1 Å². The Morgan fingerprint density at radius 1 is 1.35 bits per heavy atom. The minimum absolute atomic E-state index is 0.0300. The van der Waals surface area contributed by atoms with Crippen molar-refractivity contribution in [1.82, 2.24) is 15.1 Å². The van der Waals surface area contributed by atoms with Crippen LogP contribution in [0.15, 0.2) is 22.5 Å². The molecular weight excluding hydrogens is 308 g/mol. The molecule has 0 atom stereocenters. The predicted octanol–water partition coefficient (Wildman–Crippen LogP) is 2.20. The minimum atomic E-state index is 0.0300. The maximum Gasteiger partial charge on any atom is 0.243 e. The SMILES string of the molecule is CN(C)C(=O)CN=C(NC1CCCC1)N(C)CCc1cccs1. The quantitative estimate of drug-likeness (QED) is 0.640. The van der Waals surface area contributed by atoms with Crippen LogP contribution in [0.1, 0.15) is 30.6 Å². The number of likely N-dealkylation sites (N-methyl/N-ethyl adjacent to an activating group) is 2. The van der Waals surface area contributed by atoms with Gasteiger partial charge in [-0.1, -0.05) is 18.9 Å². The van der Waals surface area contributed by atoms with E-state index in [1.807, 2.05) is 0 Å². The number of hydrogen-bond acceptors (Lipinski definition) is 3. The van der Waals surface area contributed by atoms with Crippen LogP contribution in [-0.2, 0) is 11.2 Å². The Morgan fingerprint density at radius 3 is 2.70 bits per heavy atom. The highest BCUT2D eigenvalue weighted by Crippen LogP contribution is 2.18. The van der Waals surface area contributed by atoms with E-state index in [2.05, 4.69) is 39.8 Å². The summed E-state index contributed by atoms with van der Waals surface area (Å²) in [5, 5.41) is 5.66. The molecule has 23 heavy (non-hydrogen) atoms. The molecule has 1 saturated carbocycles. The van der Waals surface area contributed by atoms with Crippen LogP contribution in [-0.4, -0.2) is 61.9 Å². The van der Waals surface area contributed by atoms with Gasteiger partial charge in [-0.25, -0.2) is 4.99 Å². The average Bonchev–Trinajstić information content (AvgIpc) is 3.21. The third-order valence-corrected chi connectivity index (χ3v) is 5.12. The molecule has 0 bridgehead atoms. The van der Waals surface area contributed by atoms with Gasteiger partial charge >= 0.3 is 0 Å². The van der Waals surface area contributed by atoms with Crippen LogP contribution in [0.3, 0.4) is 0 Å². The van der Waals surface area contributed by atoms with E-state index in [1.165, 1.54) is 30.6 Å². The molecule has 0 radical (unpaired) electrons. The topological polar surface area (TPSA) is 47.9 Å². The van der Waals surface area contributed by atoms with Gasteiger partial charge in [0.2, 0.25) is 5.91 Å². The van der Waals surface area contributed by atoms with Crippen molar-refractivity contribution >= 4 is 23.2 Å². The molecule has 1 heterocycles. The zero-order valence-electron chi connectivity index (χ0n) is 14.4. The van der Waals surface area contributed by atoms with E-state index in [4.69, 9.17) is 0 Å². The van der Waals surface area contributed by atoms with Crippen molar-refractivity contribution < 1.29 is 4.79 Å². The van der Waals surface area contributed by atoms with Gasteiger partial charge in [0.05, 0.1) is 0 Å². The molecule has 128 valence electrons. The summed E-state index contributed by atoms with van der Waals surface area (Å²) in [6, 6.07) is 4.74. The monoisotopic (exact) mass is 336 g/mol. The van der Waals surface area contributed by atoms with Crippen molar-refractivity contribution in [2.75, 3.05) is 34.2 Å². The van der Waals surface area contributed by atoms with Gasteiger partial charge < -0.3 is 15.1 Å². The summed E-state index contributed by atoms with van der Waals surface area (Å²) in [5.41, 5.74) is 0. The van der Waals surface area contributed by atoms with Gasteiger partial charge in [0, 0.05) is 38.6 Å². The lowest BCUT2D eigenvalue weighted by Crippen LogP contribution is -2.44. The van der Waals surface area contributed by atoms with Crippen LogP contribution >= 0.6 is 11.3 Å². The lowest BCUT2D eigenvalue weighted by Gasteiger charge is -2.25. The van der Waals surface area contributed by atoms with E-state index in [-0.39, 0.29) is 12.5 Å². The Labute approximate surface area is 143 Å². The third kappa shape index (κ3) is 5.86. The van der Waals surface area contributed by atoms with Crippen molar-refractivity contribution in [1.29, 1.82) is 0 Å². The molecule has 0 aromatic carbocycles. The molecule has 1 aromatic heterocycles. The molecule has 0 aliphatic heterocycles. The van der Waals surface area contributed by atoms with Gasteiger partial charge in [0.1, 0.15) is 6.54 Å². The fourth-order valence-corrected chi connectivity index (χ4v) is 3.35. The fourth-order valence-electron chi connectivity index (χ4n) is 2.65. The summed E-state index contributed by atoms with van der Waals surface area (Å²) < 4.78 is 0. The highest BCUT2D eigenvalue weighted by molar-refractivity contribution is 7.09. The van der Waals surface area contributed by atoms with E-state index in [1.54, 1.807) is 30.3 Å². The lowest BCUT2D eigenvalue weighted by molar-refractivity contribution is -0.127. The van der Waals surface area contributed by atoms with Gasteiger partial charge in [-0.15, -0.1) is 11.3 Å². The Hall–Kier alpha value is -1.56. The number of rotatable bonds is 6. The smallest absolute Gasteiger partial charge is 0.243 e. The van der Waals surface area contributed by atoms with Gasteiger partial charge in [0.25, 0.3) is 0 Å². The third-order valence-electron chi connectivity index (χ3n) is 4.19. The molecule has 1 amide bonds. The Morgan fingerprint density at radius 2 is 2.09 bits per heavy atom. The molecule has 1 aliphatic carbocycles. The molecule has 2 rings (SSSR count). The largest absolute Gasteiger partial charge is 0.354 e. The van der Waals surface area contributed by atoms with E-state index in [0.717, 1.165) is 18.9 Å². The first-order chi connectivity index (χ1) is 11.1. The van der Waals surface area contributed by atoms with Crippen molar-refractivity contribution in [3.05, 3.63) is 22.4 Å². The predicted molar refractivity (Wildman–Crippen MR) is 97.0 cm³/mol. The van der Waals surface area contributed by atoms with E-state index < -0.39 is 0 Å². The number of carbonyl (C=O) groups excluding carboxylic acids is 1. The number of guanidine groups is 1. The Bertz CT molecular complexity index is 507. The molecule has 1 aliphatic rings. The first-order valence-corrected chi connectivity index (χ1v) is 9.19. The van der Waals surface area contributed by atoms with Gasteiger partial charge in [-0.05, 0) is 30.7 Å². The zero-order chi connectivity index (χ0) is 16.7. The summed E-state index contributed by atoms with van der Waals surface area (Å²) in [6.07, 6.45) is 5.95. The first kappa shape index (κ1) is 17.8. The molecule has 0 spiro atoms. The number of carbonyl (C=O) groups is 1.